The third kappa shape index (κ3) is 3.74. The van der Waals surface area contributed by atoms with Gasteiger partial charge in [-0.25, -0.2) is 4.79 Å². The minimum atomic E-state index is -1.23. The SMILES string of the molecule is O=C1CO[C@H]2CCN(C(=O)N3CC(O)(C#Cc4ccccc4Cl)C3)C[C@H]2N1. The van der Waals surface area contributed by atoms with Crippen molar-refractivity contribution in [2.75, 3.05) is 32.8 Å². The molecule has 27 heavy (non-hydrogen) atoms. The van der Waals surface area contributed by atoms with Gasteiger partial charge in [0.25, 0.3) is 0 Å². The molecule has 8 heteroatoms. The number of likely N-dealkylation sites (tertiary alicyclic amines) is 2. The maximum Gasteiger partial charge on any atom is 0.320 e. The lowest BCUT2D eigenvalue weighted by molar-refractivity contribution is -0.140. The largest absolute Gasteiger partial charge is 0.374 e. The molecule has 3 saturated heterocycles. The summed E-state index contributed by atoms with van der Waals surface area (Å²) >= 11 is 6.07. The molecule has 3 heterocycles. The molecule has 4 rings (SSSR count). The maximum absolute atomic E-state index is 12.7. The molecule has 0 radical (unpaired) electrons. The number of carbonyl (C=O) groups excluding carboxylic acids is 2. The van der Waals surface area contributed by atoms with Crippen molar-refractivity contribution in [1.29, 1.82) is 0 Å². The van der Waals surface area contributed by atoms with E-state index in [1.54, 1.807) is 21.9 Å². The van der Waals surface area contributed by atoms with Gasteiger partial charge in [0.2, 0.25) is 5.91 Å². The topological polar surface area (TPSA) is 82.1 Å². The van der Waals surface area contributed by atoms with Crippen LogP contribution in [0.15, 0.2) is 24.3 Å². The summed E-state index contributed by atoms with van der Waals surface area (Å²) < 4.78 is 5.51. The molecule has 0 aliphatic carbocycles. The van der Waals surface area contributed by atoms with Gasteiger partial charge < -0.3 is 25.0 Å². The van der Waals surface area contributed by atoms with Crippen LogP contribution in [0.4, 0.5) is 4.79 Å². The lowest BCUT2D eigenvalue weighted by Crippen LogP contribution is -2.68. The Morgan fingerprint density at radius 2 is 2.11 bits per heavy atom. The predicted octanol–water partition coefficient (Wildman–Crippen LogP) is 0.447. The van der Waals surface area contributed by atoms with Crippen LogP contribution in [0.3, 0.4) is 0 Å². The van der Waals surface area contributed by atoms with Crippen LogP contribution in [0.5, 0.6) is 0 Å². The van der Waals surface area contributed by atoms with E-state index in [0.717, 1.165) is 0 Å². The molecule has 3 aliphatic rings. The second-order valence-electron chi connectivity index (χ2n) is 7.16. The van der Waals surface area contributed by atoms with Crippen molar-refractivity contribution in [3.63, 3.8) is 0 Å². The average Bonchev–Trinajstić information content (AvgIpc) is 2.64. The summed E-state index contributed by atoms with van der Waals surface area (Å²) in [6, 6.07) is 6.83. The number of piperidine rings is 1. The summed E-state index contributed by atoms with van der Waals surface area (Å²) in [5.41, 5.74) is -0.581. The molecule has 7 nitrogen and oxygen atoms in total. The molecule has 0 saturated carbocycles. The summed E-state index contributed by atoms with van der Waals surface area (Å²) in [6.07, 6.45) is 0.641. The number of nitrogens with one attached hydrogen (secondary N) is 1. The van der Waals surface area contributed by atoms with Gasteiger partial charge in [-0.2, -0.15) is 0 Å². The zero-order valence-electron chi connectivity index (χ0n) is 14.7. The molecule has 3 aliphatic heterocycles. The van der Waals surface area contributed by atoms with Gasteiger partial charge in [-0.1, -0.05) is 35.6 Å². The number of urea groups is 1. The number of β-amino-alcohol motifs (C(OH)–C–C–N with tert-alkyl or cyclic N) is 1. The monoisotopic (exact) mass is 389 g/mol. The molecule has 0 aromatic heterocycles. The van der Waals surface area contributed by atoms with Gasteiger partial charge in [-0.15, -0.1) is 0 Å². The van der Waals surface area contributed by atoms with E-state index in [1.807, 2.05) is 12.1 Å². The van der Waals surface area contributed by atoms with Gasteiger partial charge in [0.15, 0.2) is 5.60 Å². The van der Waals surface area contributed by atoms with Crippen molar-refractivity contribution in [2.24, 2.45) is 0 Å². The smallest absolute Gasteiger partial charge is 0.320 e. The molecule has 0 bridgehead atoms. The first kappa shape index (κ1) is 18.1. The highest BCUT2D eigenvalue weighted by atomic mass is 35.5. The summed E-state index contributed by atoms with van der Waals surface area (Å²) in [6.45, 7) is 1.36. The molecule has 0 unspecified atom stereocenters. The first-order chi connectivity index (χ1) is 12.9. The van der Waals surface area contributed by atoms with Crippen LogP contribution in [0.2, 0.25) is 5.02 Å². The molecule has 2 atom stereocenters. The number of rotatable bonds is 0. The standard InChI is InChI=1S/C19H20ClN3O4/c20-14-4-2-1-3-13(14)5-7-19(26)11-23(12-19)18(25)22-8-6-16-15(9-22)21-17(24)10-27-16/h1-4,15-16,26H,6,8-12H2,(H,21,24)/t15-,16+/m1/s1. The minimum Gasteiger partial charge on any atom is -0.374 e. The van der Waals surface area contributed by atoms with Gasteiger partial charge in [-0.3, -0.25) is 4.79 Å². The van der Waals surface area contributed by atoms with Gasteiger partial charge in [0.05, 0.1) is 30.3 Å². The van der Waals surface area contributed by atoms with E-state index in [1.165, 1.54) is 0 Å². The predicted molar refractivity (Wildman–Crippen MR) is 98.1 cm³/mol. The van der Waals surface area contributed by atoms with Crippen molar-refractivity contribution in [3.8, 4) is 11.8 Å². The molecule has 3 fully saturated rings. The van der Waals surface area contributed by atoms with Gasteiger partial charge in [0, 0.05) is 18.7 Å². The minimum absolute atomic E-state index is 0.0402. The Labute approximate surface area is 162 Å². The molecule has 1 aromatic carbocycles. The Morgan fingerprint density at radius 3 is 2.89 bits per heavy atom. The Morgan fingerprint density at radius 1 is 1.33 bits per heavy atom. The number of benzene rings is 1. The van der Waals surface area contributed by atoms with Gasteiger partial charge in [0.1, 0.15) is 6.61 Å². The molecule has 2 N–H and O–H groups in total. The molecule has 3 amide bonds. The first-order valence-corrected chi connectivity index (χ1v) is 9.26. The van der Waals surface area contributed by atoms with E-state index in [4.69, 9.17) is 16.3 Å². The van der Waals surface area contributed by atoms with Gasteiger partial charge >= 0.3 is 6.03 Å². The van der Waals surface area contributed by atoms with E-state index in [0.29, 0.717) is 30.1 Å². The summed E-state index contributed by atoms with van der Waals surface area (Å²) in [5, 5.41) is 13.9. The first-order valence-electron chi connectivity index (χ1n) is 8.88. The number of fused-ring (bicyclic) bond motifs is 1. The van der Waals surface area contributed by atoms with E-state index in [2.05, 4.69) is 17.2 Å². The number of hydrogen-bond donors (Lipinski definition) is 2. The van der Waals surface area contributed by atoms with Crippen molar-refractivity contribution in [2.45, 2.75) is 24.2 Å². The van der Waals surface area contributed by atoms with Crippen LogP contribution >= 0.6 is 11.6 Å². The number of carbonyl (C=O) groups is 2. The Hall–Kier alpha value is -2.27. The number of morpholine rings is 1. The Bertz CT molecular complexity index is 828. The molecule has 142 valence electrons. The third-order valence-corrected chi connectivity index (χ3v) is 5.40. The van der Waals surface area contributed by atoms with E-state index < -0.39 is 5.60 Å². The van der Waals surface area contributed by atoms with E-state index in [9.17, 15) is 14.7 Å². The Balaban J connectivity index is 1.34. The highest BCUT2D eigenvalue weighted by molar-refractivity contribution is 6.31. The second kappa shape index (κ2) is 7.04. The van der Waals surface area contributed by atoms with Crippen molar-refractivity contribution in [3.05, 3.63) is 34.9 Å². The number of ether oxygens (including phenoxy) is 1. The fraction of sp³-hybridized carbons (Fsp3) is 0.474. The number of hydrogen-bond acceptors (Lipinski definition) is 4. The molecule has 0 spiro atoms. The number of nitrogens with zero attached hydrogens (tertiary/aromatic N) is 2. The van der Waals surface area contributed by atoms with Crippen LogP contribution in [-0.4, -0.2) is 77.4 Å². The molecular weight excluding hydrogens is 370 g/mol. The van der Waals surface area contributed by atoms with Crippen LogP contribution in [0.25, 0.3) is 0 Å². The summed E-state index contributed by atoms with van der Waals surface area (Å²) in [4.78, 5) is 27.4. The van der Waals surface area contributed by atoms with Crippen molar-refractivity contribution >= 4 is 23.5 Å². The van der Waals surface area contributed by atoms with E-state index >= 15 is 0 Å². The van der Waals surface area contributed by atoms with Crippen molar-refractivity contribution in [1.82, 2.24) is 15.1 Å². The second-order valence-corrected chi connectivity index (χ2v) is 7.57. The Kier molecular flexibility index (Phi) is 4.72. The lowest BCUT2D eigenvalue weighted by Gasteiger charge is -2.47. The molecular formula is C19H20ClN3O4. The lowest BCUT2D eigenvalue weighted by atomic mass is 9.94. The fourth-order valence-electron chi connectivity index (χ4n) is 3.62. The van der Waals surface area contributed by atoms with Crippen LogP contribution < -0.4 is 5.32 Å². The summed E-state index contributed by atoms with van der Waals surface area (Å²) in [5.74, 6) is 5.56. The number of aliphatic hydroxyl groups is 1. The van der Waals surface area contributed by atoms with Crippen molar-refractivity contribution < 1.29 is 19.4 Å². The normalized spacial score (nSPS) is 26.2. The number of amides is 3. The van der Waals surface area contributed by atoms with Gasteiger partial charge in [-0.05, 0) is 18.6 Å². The van der Waals surface area contributed by atoms with Crippen LogP contribution in [-0.2, 0) is 9.53 Å². The van der Waals surface area contributed by atoms with E-state index in [-0.39, 0.29) is 43.8 Å². The van der Waals surface area contributed by atoms with Crippen LogP contribution in [0.1, 0.15) is 12.0 Å². The average molecular weight is 390 g/mol. The summed E-state index contributed by atoms with van der Waals surface area (Å²) in [7, 11) is 0. The highest BCUT2D eigenvalue weighted by Gasteiger charge is 2.45. The third-order valence-electron chi connectivity index (χ3n) is 5.07. The zero-order valence-corrected chi connectivity index (χ0v) is 15.4. The molecule has 1 aromatic rings. The van der Waals surface area contributed by atoms with Crippen LogP contribution in [0, 0.1) is 11.8 Å². The fourth-order valence-corrected chi connectivity index (χ4v) is 3.80. The quantitative estimate of drug-likeness (QED) is 0.631. The zero-order chi connectivity index (χ0) is 19.0. The maximum atomic E-state index is 12.7. The number of halogens is 1. The highest BCUT2D eigenvalue weighted by Crippen LogP contribution is 2.25.